The summed E-state index contributed by atoms with van der Waals surface area (Å²) < 4.78 is 5.02. The number of rotatable bonds is 5. The van der Waals surface area contributed by atoms with Crippen LogP contribution in [0.15, 0.2) is 48.5 Å². The Hall–Kier alpha value is -3.12. The Morgan fingerprint density at radius 2 is 1.77 bits per heavy atom. The van der Waals surface area contributed by atoms with E-state index < -0.39 is 18.5 Å². The summed E-state index contributed by atoms with van der Waals surface area (Å²) in [5.74, 6) is -1.47. The standard InChI is InChI=1S/C19H15ClN2O4/c1-11(23)12-6-2-4-8-14(12)21-16(24)10-26-19(25)18-17(20)13-7-3-5-9-15(13)22-18/h2-9,22H,10H2,1H3,(H,21,24). The number of ether oxygens (including phenoxy) is 1. The number of ketones is 1. The highest BCUT2D eigenvalue weighted by molar-refractivity contribution is 6.38. The molecule has 0 radical (unpaired) electrons. The molecule has 2 aromatic carbocycles. The second-order valence-corrected chi connectivity index (χ2v) is 5.96. The van der Waals surface area contributed by atoms with Crippen LogP contribution in [0.3, 0.4) is 0 Å². The van der Waals surface area contributed by atoms with Gasteiger partial charge in [-0.05, 0) is 25.1 Å². The van der Waals surface area contributed by atoms with Gasteiger partial charge in [0, 0.05) is 16.5 Å². The molecule has 6 nitrogen and oxygen atoms in total. The van der Waals surface area contributed by atoms with Crippen LogP contribution in [-0.4, -0.2) is 29.3 Å². The molecule has 0 atom stereocenters. The van der Waals surface area contributed by atoms with Gasteiger partial charge < -0.3 is 15.0 Å². The van der Waals surface area contributed by atoms with E-state index in [9.17, 15) is 14.4 Å². The molecule has 0 spiro atoms. The number of carbonyl (C=O) groups is 3. The van der Waals surface area contributed by atoms with Gasteiger partial charge in [0.1, 0.15) is 5.69 Å². The lowest BCUT2D eigenvalue weighted by atomic mass is 10.1. The number of benzene rings is 2. The van der Waals surface area contributed by atoms with Crippen LogP contribution in [0.25, 0.3) is 10.9 Å². The number of halogens is 1. The summed E-state index contributed by atoms with van der Waals surface area (Å²) in [6.07, 6.45) is 0. The van der Waals surface area contributed by atoms with E-state index in [-0.39, 0.29) is 16.5 Å². The van der Waals surface area contributed by atoms with Gasteiger partial charge in [-0.1, -0.05) is 41.9 Å². The fraction of sp³-hybridized carbons (Fsp3) is 0.105. The maximum absolute atomic E-state index is 12.2. The van der Waals surface area contributed by atoms with Crippen LogP contribution in [0.2, 0.25) is 5.02 Å². The van der Waals surface area contributed by atoms with Gasteiger partial charge in [0.05, 0.1) is 10.7 Å². The summed E-state index contributed by atoms with van der Waals surface area (Å²) >= 11 is 6.18. The van der Waals surface area contributed by atoms with Crippen LogP contribution in [0, 0.1) is 0 Å². The first-order chi connectivity index (χ1) is 12.5. The average molecular weight is 371 g/mol. The van der Waals surface area contributed by atoms with Crippen molar-refractivity contribution in [2.45, 2.75) is 6.92 Å². The summed E-state index contributed by atoms with van der Waals surface area (Å²) in [7, 11) is 0. The SMILES string of the molecule is CC(=O)c1ccccc1NC(=O)COC(=O)c1[nH]c2ccccc2c1Cl. The highest BCUT2D eigenvalue weighted by atomic mass is 35.5. The number of anilines is 1. The lowest BCUT2D eigenvalue weighted by molar-refractivity contribution is -0.119. The van der Waals surface area contributed by atoms with Crippen molar-refractivity contribution in [2.75, 3.05) is 11.9 Å². The second kappa shape index (κ2) is 7.41. The summed E-state index contributed by atoms with van der Waals surface area (Å²) in [6.45, 7) is 0.902. The van der Waals surface area contributed by atoms with Crippen LogP contribution < -0.4 is 5.32 Å². The summed E-state index contributed by atoms with van der Waals surface area (Å²) in [5.41, 5.74) is 1.53. The topological polar surface area (TPSA) is 88.3 Å². The van der Waals surface area contributed by atoms with Crippen LogP contribution in [-0.2, 0) is 9.53 Å². The predicted molar refractivity (Wildman–Crippen MR) is 98.7 cm³/mol. The van der Waals surface area contributed by atoms with Crippen LogP contribution in [0.1, 0.15) is 27.8 Å². The van der Waals surface area contributed by atoms with Gasteiger partial charge in [0.2, 0.25) is 0 Å². The summed E-state index contributed by atoms with van der Waals surface area (Å²) in [5, 5.41) is 3.50. The smallest absolute Gasteiger partial charge is 0.356 e. The number of nitrogens with one attached hydrogen (secondary N) is 2. The number of H-pyrrole nitrogens is 1. The van der Waals surface area contributed by atoms with Crippen molar-refractivity contribution >= 4 is 45.9 Å². The number of para-hydroxylation sites is 2. The maximum atomic E-state index is 12.2. The van der Waals surface area contributed by atoms with Crippen molar-refractivity contribution in [3.8, 4) is 0 Å². The van der Waals surface area contributed by atoms with Gasteiger partial charge in [-0.15, -0.1) is 0 Å². The fourth-order valence-corrected chi connectivity index (χ4v) is 2.83. The third kappa shape index (κ3) is 3.60. The zero-order valence-electron chi connectivity index (χ0n) is 13.8. The van der Waals surface area contributed by atoms with Crippen molar-refractivity contribution in [3.63, 3.8) is 0 Å². The van der Waals surface area contributed by atoms with E-state index in [1.54, 1.807) is 42.5 Å². The predicted octanol–water partition coefficient (Wildman–Crippen LogP) is 3.82. The number of hydrogen-bond donors (Lipinski definition) is 2. The largest absolute Gasteiger partial charge is 0.451 e. The highest BCUT2D eigenvalue weighted by Crippen LogP contribution is 2.27. The minimum absolute atomic E-state index is 0.0878. The molecule has 2 N–H and O–H groups in total. The number of fused-ring (bicyclic) bond motifs is 1. The van der Waals surface area contributed by atoms with Crippen molar-refractivity contribution in [1.29, 1.82) is 0 Å². The molecule has 132 valence electrons. The Morgan fingerprint density at radius 1 is 1.08 bits per heavy atom. The molecular formula is C19H15ClN2O4. The molecule has 26 heavy (non-hydrogen) atoms. The van der Waals surface area contributed by atoms with E-state index >= 15 is 0 Å². The van der Waals surface area contributed by atoms with Gasteiger partial charge in [-0.3, -0.25) is 9.59 Å². The van der Waals surface area contributed by atoms with Gasteiger partial charge in [-0.2, -0.15) is 0 Å². The molecule has 7 heteroatoms. The fourth-order valence-electron chi connectivity index (χ4n) is 2.54. The van der Waals surface area contributed by atoms with Gasteiger partial charge >= 0.3 is 5.97 Å². The maximum Gasteiger partial charge on any atom is 0.356 e. The Bertz CT molecular complexity index is 1010. The van der Waals surface area contributed by atoms with E-state index in [0.29, 0.717) is 22.2 Å². The molecule has 0 saturated heterocycles. The molecule has 1 heterocycles. The minimum atomic E-state index is -0.735. The number of aromatic nitrogens is 1. The minimum Gasteiger partial charge on any atom is -0.451 e. The quantitative estimate of drug-likeness (QED) is 0.528. The molecule has 0 aliphatic carbocycles. The van der Waals surface area contributed by atoms with Crippen molar-refractivity contribution in [3.05, 3.63) is 64.8 Å². The first-order valence-electron chi connectivity index (χ1n) is 7.80. The van der Waals surface area contributed by atoms with E-state index in [2.05, 4.69) is 10.3 Å². The lowest BCUT2D eigenvalue weighted by Crippen LogP contribution is -2.22. The van der Waals surface area contributed by atoms with E-state index in [0.717, 1.165) is 0 Å². The first kappa shape index (κ1) is 17.7. The Labute approximate surface area is 154 Å². The molecule has 0 unspecified atom stereocenters. The molecule has 0 saturated carbocycles. The van der Waals surface area contributed by atoms with Crippen molar-refractivity contribution in [1.82, 2.24) is 4.98 Å². The number of hydrogen-bond acceptors (Lipinski definition) is 4. The summed E-state index contributed by atoms with van der Waals surface area (Å²) in [6, 6.07) is 13.8. The normalized spacial score (nSPS) is 10.5. The van der Waals surface area contributed by atoms with E-state index in [1.165, 1.54) is 6.92 Å². The third-order valence-corrected chi connectivity index (χ3v) is 4.15. The van der Waals surface area contributed by atoms with Crippen molar-refractivity contribution in [2.24, 2.45) is 0 Å². The third-order valence-electron chi connectivity index (χ3n) is 3.76. The number of Topliss-reactive ketones (excluding diaryl/α,β-unsaturated/α-hetero) is 1. The van der Waals surface area contributed by atoms with Gasteiger partial charge in [-0.25, -0.2) is 4.79 Å². The number of carbonyl (C=O) groups excluding carboxylic acids is 3. The van der Waals surface area contributed by atoms with Crippen LogP contribution >= 0.6 is 11.6 Å². The molecule has 0 aliphatic heterocycles. The molecule has 0 bridgehead atoms. The zero-order valence-corrected chi connectivity index (χ0v) is 14.6. The van der Waals surface area contributed by atoms with Crippen LogP contribution in [0.5, 0.6) is 0 Å². The van der Waals surface area contributed by atoms with E-state index in [1.807, 2.05) is 6.07 Å². The first-order valence-corrected chi connectivity index (χ1v) is 8.18. The second-order valence-electron chi connectivity index (χ2n) is 5.59. The molecule has 0 fully saturated rings. The number of aromatic amines is 1. The van der Waals surface area contributed by atoms with Crippen molar-refractivity contribution < 1.29 is 19.1 Å². The zero-order chi connectivity index (χ0) is 18.7. The molecule has 0 aliphatic rings. The molecule has 3 aromatic rings. The Morgan fingerprint density at radius 3 is 2.50 bits per heavy atom. The Balaban J connectivity index is 1.67. The van der Waals surface area contributed by atoms with Crippen LogP contribution in [0.4, 0.5) is 5.69 Å². The Kier molecular flexibility index (Phi) is 5.04. The highest BCUT2D eigenvalue weighted by Gasteiger charge is 2.19. The summed E-state index contributed by atoms with van der Waals surface area (Å²) in [4.78, 5) is 38.7. The lowest BCUT2D eigenvalue weighted by Gasteiger charge is -2.09. The van der Waals surface area contributed by atoms with Gasteiger partial charge in [0.15, 0.2) is 12.4 Å². The molecular weight excluding hydrogens is 356 g/mol. The molecule has 3 rings (SSSR count). The number of esters is 1. The molecule has 1 amide bonds. The average Bonchev–Trinajstić information content (AvgIpc) is 2.97. The molecule has 1 aromatic heterocycles. The van der Waals surface area contributed by atoms with Gasteiger partial charge in [0.25, 0.3) is 5.91 Å². The monoisotopic (exact) mass is 370 g/mol. The van der Waals surface area contributed by atoms with E-state index in [4.69, 9.17) is 16.3 Å². The number of amides is 1.